The first-order valence-electron chi connectivity index (χ1n) is 9.34. The van der Waals surface area contributed by atoms with Crippen molar-refractivity contribution in [1.29, 1.82) is 0 Å². The Kier molecular flexibility index (Phi) is 6.04. The summed E-state index contributed by atoms with van der Waals surface area (Å²) >= 11 is 0. The Morgan fingerprint density at radius 3 is 2.70 bits per heavy atom. The van der Waals surface area contributed by atoms with Crippen molar-refractivity contribution >= 4 is 12.0 Å². The van der Waals surface area contributed by atoms with Crippen LogP contribution in [0.1, 0.15) is 48.0 Å². The van der Waals surface area contributed by atoms with Gasteiger partial charge >= 0.3 is 12.3 Å². The summed E-state index contributed by atoms with van der Waals surface area (Å²) in [5, 5.41) is 2.01. The third-order valence-corrected chi connectivity index (χ3v) is 5.53. The van der Waals surface area contributed by atoms with E-state index in [9.17, 15) is 22.8 Å². The second-order valence-electron chi connectivity index (χ2n) is 7.29. The summed E-state index contributed by atoms with van der Waals surface area (Å²) in [5.74, 6) is -0.636. The molecule has 0 radical (unpaired) electrons. The highest BCUT2D eigenvalue weighted by Crippen LogP contribution is 2.29. The Hall–Kier alpha value is -2.09. The average Bonchev–Trinajstić information content (AvgIpc) is 2.65. The Balaban J connectivity index is 1.52. The van der Waals surface area contributed by atoms with Gasteiger partial charge in [0.25, 0.3) is 5.91 Å². The fraction of sp³-hybridized carbons (Fsp3) is 0.579. The maximum absolute atomic E-state index is 12.7. The fourth-order valence-electron chi connectivity index (χ4n) is 4.20. The Labute approximate surface area is 155 Å². The first kappa shape index (κ1) is 19.7. The van der Waals surface area contributed by atoms with Crippen LogP contribution >= 0.6 is 0 Å². The van der Waals surface area contributed by atoms with Crippen LogP contribution in [0.5, 0.6) is 0 Å². The maximum Gasteiger partial charge on any atom is 0.416 e. The predicted molar refractivity (Wildman–Crippen MR) is 91.3 cm³/mol. The molecule has 3 atom stereocenters. The van der Waals surface area contributed by atoms with Crippen LogP contribution in [0, 0.1) is 5.92 Å². The van der Waals surface area contributed by atoms with Crippen molar-refractivity contribution in [2.45, 2.75) is 44.3 Å². The van der Waals surface area contributed by atoms with Crippen molar-refractivity contribution in [1.82, 2.24) is 5.32 Å². The number of nitrogens with one attached hydrogen (secondary N) is 2. The van der Waals surface area contributed by atoms with E-state index in [0.717, 1.165) is 44.5 Å². The first-order chi connectivity index (χ1) is 12.8. The number of hydrogen-bond acceptors (Lipinski definition) is 3. The molecule has 2 aliphatic heterocycles. The van der Waals surface area contributed by atoms with Gasteiger partial charge < -0.3 is 9.64 Å². The van der Waals surface area contributed by atoms with E-state index in [1.807, 2.05) is 5.32 Å². The molecule has 1 unspecified atom stereocenters. The number of carbonyl (C=O) groups is 2. The van der Waals surface area contributed by atoms with Gasteiger partial charge in [-0.1, -0.05) is 6.07 Å². The number of benzene rings is 1. The van der Waals surface area contributed by atoms with Gasteiger partial charge in [-0.3, -0.25) is 10.1 Å². The van der Waals surface area contributed by atoms with Gasteiger partial charge in [0.15, 0.2) is 0 Å². The number of halogens is 3. The molecule has 2 amide bonds. The normalized spacial score (nSPS) is 25.4. The minimum absolute atomic E-state index is 0.232. The monoisotopic (exact) mass is 385 g/mol. The van der Waals surface area contributed by atoms with E-state index in [4.69, 9.17) is 4.74 Å². The van der Waals surface area contributed by atoms with Gasteiger partial charge in [0, 0.05) is 11.5 Å². The highest BCUT2D eigenvalue weighted by atomic mass is 19.4. The summed E-state index contributed by atoms with van der Waals surface area (Å²) < 4.78 is 43.4. The molecule has 0 spiro atoms. The summed E-state index contributed by atoms with van der Waals surface area (Å²) in [6.45, 7) is 2.54. The molecule has 2 heterocycles. The van der Waals surface area contributed by atoms with E-state index in [-0.39, 0.29) is 18.1 Å². The molecule has 2 N–H and O–H groups in total. The summed E-state index contributed by atoms with van der Waals surface area (Å²) in [7, 11) is 0. The van der Waals surface area contributed by atoms with Gasteiger partial charge in [0.1, 0.15) is 6.61 Å². The van der Waals surface area contributed by atoms with Crippen LogP contribution in [0.25, 0.3) is 0 Å². The molecular weight excluding hydrogens is 361 g/mol. The largest absolute Gasteiger partial charge is 0.449 e. The summed E-state index contributed by atoms with van der Waals surface area (Å²) in [6.07, 6.45) is 0.143. The van der Waals surface area contributed by atoms with Gasteiger partial charge in [-0.15, -0.1) is 0 Å². The molecule has 148 valence electrons. The van der Waals surface area contributed by atoms with E-state index in [1.54, 1.807) is 4.90 Å². The van der Waals surface area contributed by atoms with E-state index in [2.05, 4.69) is 0 Å². The first-order valence-corrected chi connectivity index (χ1v) is 9.34. The van der Waals surface area contributed by atoms with Crippen molar-refractivity contribution in [2.75, 3.05) is 19.7 Å². The van der Waals surface area contributed by atoms with Gasteiger partial charge in [0.05, 0.1) is 24.7 Å². The smallest absolute Gasteiger partial charge is 0.416 e. The minimum atomic E-state index is -4.55. The Morgan fingerprint density at radius 1 is 1.15 bits per heavy atom. The fourth-order valence-corrected chi connectivity index (χ4v) is 4.20. The third kappa shape index (κ3) is 5.00. The third-order valence-electron chi connectivity index (χ3n) is 5.53. The molecule has 0 aromatic heterocycles. The second kappa shape index (κ2) is 8.29. The zero-order chi connectivity index (χ0) is 19.4. The van der Waals surface area contributed by atoms with Crippen LogP contribution in [-0.2, 0) is 10.9 Å². The number of amides is 2. The van der Waals surface area contributed by atoms with Crippen molar-refractivity contribution < 1.29 is 32.4 Å². The Bertz CT molecular complexity index is 691. The van der Waals surface area contributed by atoms with Crippen molar-refractivity contribution in [3.8, 4) is 0 Å². The number of quaternary nitrogens is 1. The topological polar surface area (TPSA) is 59.8 Å². The lowest BCUT2D eigenvalue weighted by molar-refractivity contribution is -0.940. The summed E-state index contributed by atoms with van der Waals surface area (Å²) in [4.78, 5) is 25.5. The molecule has 3 rings (SSSR count). The zero-order valence-electron chi connectivity index (χ0n) is 15.0. The van der Waals surface area contributed by atoms with Crippen LogP contribution in [0.4, 0.5) is 18.0 Å². The quantitative estimate of drug-likeness (QED) is 0.840. The van der Waals surface area contributed by atoms with Gasteiger partial charge in [-0.05, 0) is 50.3 Å². The minimum Gasteiger partial charge on any atom is -0.449 e. The number of carbonyl (C=O) groups excluding carboxylic acids is 2. The van der Waals surface area contributed by atoms with Crippen molar-refractivity contribution in [3.63, 3.8) is 0 Å². The van der Waals surface area contributed by atoms with Crippen LogP contribution in [0.3, 0.4) is 0 Å². The number of imide groups is 1. The number of hydrogen-bond donors (Lipinski definition) is 2. The number of alkyl halides is 3. The second-order valence-corrected chi connectivity index (χ2v) is 7.29. The standard InChI is InChI=1S/C19H23F3N2O3/c20-19(21,22)15-7-3-5-13(11-15)17(25)23-18(26)27-12-14-6-4-10-24-9-2-1-8-16(14)24/h3,5,7,11,14,16H,1-2,4,6,8-10,12H2,(H,23,25,26)/p+1/t14-,16-/m0/s1. The van der Waals surface area contributed by atoms with Gasteiger partial charge in [-0.2, -0.15) is 13.2 Å². The molecule has 8 heteroatoms. The van der Waals surface area contributed by atoms with Crippen molar-refractivity contribution in [3.05, 3.63) is 35.4 Å². The zero-order valence-corrected chi connectivity index (χ0v) is 15.0. The lowest BCUT2D eigenvalue weighted by atomic mass is 9.84. The molecular formula is C19H24F3N2O3+. The lowest BCUT2D eigenvalue weighted by Gasteiger charge is -2.40. The van der Waals surface area contributed by atoms with E-state index < -0.39 is 23.7 Å². The van der Waals surface area contributed by atoms with Crippen molar-refractivity contribution in [2.24, 2.45) is 5.92 Å². The molecule has 27 heavy (non-hydrogen) atoms. The van der Waals surface area contributed by atoms with E-state index in [1.165, 1.54) is 18.9 Å². The number of fused-ring (bicyclic) bond motifs is 1. The van der Waals surface area contributed by atoms with Gasteiger partial charge in [0.2, 0.25) is 0 Å². The average molecular weight is 385 g/mol. The highest BCUT2D eigenvalue weighted by Gasteiger charge is 2.37. The molecule has 1 aromatic carbocycles. The molecule has 0 bridgehead atoms. The summed E-state index contributed by atoms with van der Waals surface area (Å²) in [5.41, 5.74) is -1.17. The molecule has 1 aromatic rings. The van der Waals surface area contributed by atoms with E-state index in [0.29, 0.717) is 12.1 Å². The molecule has 2 fully saturated rings. The molecule has 2 aliphatic rings. The lowest BCUT2D eigenvalue weighted by Crippen LogP contribution is -3.18. The highest BCUT2D eigenvalue weighted by molar-refractivity contribution is 6.02. The Morgan fingerprint density at radius 2 is 1.93 bits per heavy atom. The van der Waals surface area contributed by atoms with Crippen LogP contribution < -0.4 is 10.2 Å². The summed E-state index contributed by atoms with van der Waals surface area (Å²) in [6, 6.07) is 4.43. The maximum atomic E-state index is 12.7. The molecule has 0 aliphatic carbocycles. The number of rotatable bonds is 3. The van der Waals surface area contributed by atoms with Crippen LogP contribution in [0.15, 0.2) is 24.3 Å². The van der Waals surface area contributed by atoms with Crippen LogP contribution in [-0.4, -0.2) is 37.7 Å². The molecule has 2 saturated heterocycles. The van der Waals surface area contributed by atoms with E-state index >= 15 is 0 Å². The molecule has 0 saturated carbocycles. The van der Waals surface area contributed by atoms with Crippen LogP contribution in [0.2, 0.25) is 0 Å². The number of ether oxygens (including phenoxy) is 1. The number of alkyl carbamates (subject to hydrolysis) is 1. The van der Waals surface area contributed by atoms with Gasteiger partial charge in [-0.25, -0.2) is 4.79 Å². The predicted octanol–water partition coefficient (Wildman–Crippen LogP) is 2.42. The molecule has 5 nitrogen and oxygen atoms in total. The SMILES string of the molecule is O=C(NC(=O)c1cccc(C(F)(F)F)c1)OC[C@@H]1CCC[NH+]2CCCC[C@@H]12. The number of piperidine rings is 2.